The number of ether oxygens (including phenoxy) is 2. The standard InChI is InChI=1S/C26H31ClN4O4S/c1-26(2,3)14-7-9-16-20(11-14)36-25(30-24(33)22-17(27)13-28-31(22)4)21(16)23(32)29-18-10-8-15(34-5)12-19(18)35-6/h8,10,12-14H,7,9,11H2,1-6H3,(H,29,32)(H,30,33)/t14-/m0/s1. The third-order valence-corrected chi connectivity index (χ3v) is 8.16. The van der Waals surface area contributed by atoms with Crippen LogP contribution in [-0.4, -0.2) is 35.8 Å². The first-order chi connectivity index (χ1) is 17.0. The first-order valence-corrected chi connectivity index (χ1v) is 12.9. The molecule has 1 aliphatic carbocycles. The summed E-state index contributed by atoms with van der Waals surface area (Å²) in [6.45, 7) is 6.73. The second-order valence-corrected chi connectivity index (χ2v) is 11.5. The maximum atomic E-state index is 13.7. The number of fused-ring (bicyclic) bond motifs is 1. The van der Waals surface area contributed by atoms with E-state index in [4.69, 9.17) is 21.1 Å². The summed E-state index contributed by atoms with van der Waals surface area (Å²) in [6, 6.07) is 5.19. The molecule has 10 heteroatoms. The molecule has 0 unspecified atom stereocenters. The van der Waals surface area contributed by atoms with Gasteiger partial charge in [-0.05, 0) is 48.3 Å². The Morgan fingerprint density at radius 3 is 2.53 bits per heavy atom. The number of thiophene rings is 1. The van der Waals surface area contributed by atoms with Crippen molar-refractivity contribution in [2.45, 2.75) is 40.0 Å². The van der Waals surface area contributed by atoms with Crippen LogP contribution in [0.5, 0.6) is 11.5 Å². The lowest BCUT2D eigenvalue weighted by Crippen LogP contribution is -2.27. The molecule has 2 aromatic heterocycles. The van der Waals surface area contributed by atoms with E-state index in [9.17, 15) is 9.59 Å². The molecule has 0 radical (unpaired) electrons. The van der Waals surface area contributed by atoms with Gasteiger partial charge in [-0.25, -0.2) is 0 Å². The number of aryl methyl sites for hydroxylation is 1. The van der Waals surface area contributed by atoms with E-state index in [0.29, 0.717) is 33.7 Å². The van der Waals surface area contributed by atoms with E-state index in [1.807, 2.05) is 0 Å². The highest BCUT2D eigenvalue weighted by Gasteiger charge is 2.34. The van der Waals surface area contributed by atoms with Gasteiger partial charge >= 0.3 is 0 Å². The summed E-state index contributed by atoms with van der Waals surface area (Å²) in [5.74, 6) is 0.855. The van der Waals surface area contributed by atoms with E-state index < -0.39 is 5.91 Å². The van der Waals surface area contributed by atoms with Crippen molar-refractivity contribution in [3.63, 3.8) is 0 Å². The van der Waals surface area contributed by atoms with Crippen LogP contribution < -0.4 is 20.1 Å². The lowest BCUT2D eigenvalue weighted by atomic mass is 9.72. The Morgan fingerprint density at radius 2 is 1.92 bits per heavy atom. The van der Waals surface area contributed by atoms with Crippen LogP contribution in [0.2, 0.25) is 5.02 Å². The lowest BCUT2D eigenvalue weighted by molar-refractivity contribution is 0.101. The molecule has 2 amide bonds. The first kappa shape index (κ1) is 26.0. The number of amides is 2. The van der Waals surface area contributed by atoms with Gasteiger partial charge in [0.2, 0.25) is 0 Å². The van der Waals surface area contributed by atoms with Gasteiger partial charge in [0.25, 0.3) is 11.8 Å². The number of methoxy groups -OCH3 is 2. The number of carbonyl (C=O) groups excluding carboxylic acids is 2. The average molecular weight is 531 g/mol. The highest BCUT2D eigenvalue weighted by atomic mass is 35.5. The summed E-state index contributed by atoms with van der Waals surface area (Å²) >= 11 is 7.66. The minimum absolute atomic E-state index is 0.145. The van der Waals surface area contributed by atoms with Crippen molar-refractivity contribution in [3.8, 4) is 11.5 Å². The molecule has 0 aliphatic heterocycles. The number of aromatic nitrogens is 2. The molecule has 3 aromatic rings. The Balaban J connectivity index is 1.72. The summed E-state index contributed by atoms with van der Waals surface area (Å²) in [5, 5.41) is 10.7. The number of halogens is 1. The topological polar surface area (TPSA) is 94.5 Å². The fourth-order valence-electron chi connectivity index (χ4n) is 4.57. The van der Waals surface area contributed by atoms with Crippen LogP contribution in [0.1, 0.15) is 58.5 Å². The van der Waals surface area contributed by atoms with E-state index in [0.717, 1.165) is 29.7 Å². The first-order valence-electron chi connectivity index (χ1n) is 11.7. The lowest BCUT2D eigenvalue weighted by Gasteiger charge is -2.33. The molecule has 1 atom stereocenters. The molecule has 36 heavy (non-hydrogen) atoms. The van der Waals surface area contributed by atoms with Gasteiger partial charge in [0.15, 0.2) is 0 Å². The zero-order valence-corrected chi connectivity index (χ0v) is 22.9. The molecule has 8 nitrogen and oxygen atoms in total. The summed E-state index contributed by atoms with van der Waals surface area (Å²) in [4.78, 5) is 28.0. The highest BCUT2D eigenvalue weighted by molar-refractivity contribution is 7.17. The monoisotopic (exact) mass is 530 g/mol. The predicted octanol–water partition coefficient (Wildman–Crippen LogP) is 5.81. The van der Waals surface area contributed by atoms with Gasteiger partial charge in [0.1, 0.15) is 22.2 Å². The number of benzene rings is 1. The van der Waals surface area contributed by atoms with Gasteiger partial charge in [-0.1, -0.05) is 32.4 Å². The molecule has 1 aromatic carbocycles. The molecule has 192 valence electrons. The normalized spacial score (nSPS) is 15.2. The molecule has 4 rings (SSSR count). The SMILES string of the molecule is COc1ccc(NC(=O)c2c(NC(=O)c3c(Cl)cnn3C)sc3c2CC[C@H](C(C)(C)C)C3)c(OC)c1. The summed E-state index contributed by atoms with van der Waals surface area (Å²) in [7, 11) is 4.75. The predicted molar refractivity (Wildman–Crippen MR) is 143 cm³/mol. The van der Waals surface area contributed by atoms with Crippen LogP contribution in [0, 0.1) is 11.3 Å². The van der Waals surface area contributed by atoms with Gasteiger partial charge < -0.3 is 20.1 Å². The van der Waals surface area contributed by atoms with Crippen LogP contribution in [0.25, 0.3) is 0 Å². The van der Waals surface area contributed by atoms with Crippen LogP contribution in [0.15, 0.2) is 24.4 Å². The van der Waals surface area contributed by atoms with Crippen molar-refractivity contribution >= 4 is 45.4 Å². The number of anilines is 2. The smallest absolute Gasteiger partial charge is 0.276 e. The van der Waals surface area contributed by atoms with Gasteiger partial charge in [-0.2, -0.15) is 5.10 Å². The van der Waals surface area contributed by atoms with Crippen molar-refractivity contribution in [2.24, 2.45) is 18.4 Å². The zero-order chi connectivity index (χ0) is 26.2. The molecule has 0 saturated heterocycles. The Labute approximate surface area is 219 Å². The molecular weight excluding hydrogens is 500 g/mol. The van der Waals surface area contributed by atoms with Gasteiger partial charge in [-0.3, -0.25) is 14.3 Å². The Morgan fingerprint density at radius 1 is 1.17 bits per heavy atom. The van der Waals surface area contributed by atoms with Gasteiger partial charge in [0.05, 0.1) is 36.7 Å². The summed E-state index contributed by atoms with van der Waals surface area (Å²) < 4.78 is 12.1. The van der Waals surface area contributed by atoms with Crippen LogP contribution in [0.3, 0.4) is 0 Å². The third-order valence-electron chi connectivity index (χ3n) is 6.71. The molecule has 0 fully saturated rings. The Bertz CT molecular complexity index is 1290. The van der Waals surface area contributed by atoms with E-state index in [2.05, 4.69) is 36.5 Å². The minimum Gasteiger partial charge on any atom is -0.497 e. The number of carbonyl (C=O) groups is 2. The quantitative estimate of drug-likeness (QED) is 0.419. The van der Waals surface area contributed by atoms with E-state index in [-0.39, 0.29) is 22.0 Å². The molecular formula is C26H31ClN4O4S. The van der Waals surface area contributed by atoms with Crippen molar-refractivity contribution < 1.29 is 19.1 Å². The minimum atomic E-state index is -0.415. The van der Waals surface area contributed by atoms with E-state index in [1.54, 1.807) is 32.4 Å². The van der Waals surface area contributed by atoms with Crippen molar-refractivity contribution in [1.29, 1.82) is 0 Å². The molecule has 2 N–H and O–H groups in total. The van der Waals surface area contributed by atoms with E-state index in [1.165, 1.54) is 29.3 Å². The van der Waals surface area contributed by atoms with Crippen LogP contribution in [0.4, 0.5) is 10.7 Å². The van der Waals surface area contributed by atoms with Crippen molar-refractivity contribution in [1.82, 2.24) is 9.78 Å². The molecule has 1 aliphatic rings. The van der Waals surface area contributed by atoms with Crippen molar-refractivity contribution in [3.05, 3.63) is 51.1 Å². The average Bonchev–Trinajstić information content (AvgIpc) is 3.36. The number of hydrogen-bond donors (Lipinski definition) is 2. The molecule has 0 saturated carbocycles. The van der Waals surface area contributed by atoms with Gasteiger partial charge in [0, 0.05) is 18.0 Å². The summed E-state index contributed by atoms with van der Waals surface area (Å²) in [6.07, 6.45) is 4.02. The molecule has 0 bridgehead atoms. The van der Waals surface area contributed by atoms with Gasteiger partial charge in [-0.15, -0.1) is 11.3 Å². The molecule has 0 spiro atoms. The Hall–Kier alpha value is -3.04. The van der Waals surface area contributed by atoms with Crippen LogP contribution >= 0.6 is 22.9 Å². The second-order valence-electron chi connectivity index (χ2n) is 9.95. The maximum Gasteiger partial charge on any atom is 0.276 e. The molecule has 2 heterocycles. The zero-order valence-electron chi connectivity index (χ0n) is 21.3. The summed E-state index contributed by atoms with van der Waals surface area (Å²) in [5.41, 5.74) is 2.35. The Kier molecular flexibility index (Phi) is 7.33. The highest BCUT2D eigenvalue weighted by Crippen LogP contribution is 2.45. The second kappa shape index (κ2) is 10.1. The fourth-order valence-corrected chi connectivity index (χ4v) is 6.14. The third kappa shape index (κ3) is 5.08. The van der Waals surface area contributed by atoms with Crippen molar-refractivity contribution in [2.75, 3.05) is 24.9 Å². The number of hydrogen-bond acceptors (Lipinski definition) is 6. The van der Waals surface area contributed by atoms with Crippen LogP contribution in [-0.2, 0) is 19.9 Å². The number of nitrogens with one attached hydrogen (secondary N) is 2. The maximum absolute atomic E-state index is 13.7. The number of nitrogens with zero attached hydrogens (tertiary/aromatic N) is 2. The number of rotatable bonds is 6. The largest absolute Gasteiger partial charge is 0.497 e. The fraction of sp³-hybridized carbons (Fsp3) is 0.423. The van der Waals surface area contributed by atoms with E-state index >= 15 is 0 Å².